The Morgan fingerprint density at radius 2 is 2.20 bits per heavy atom. The summed E-state index contributed by atoms with van der Waals surface area (Å²) in [5.74, 6) is 0.779. The minimum atomic E-state index is 0.407. The lowest BCUT2D eigenvalue weighted by molar-refractivity contribution is -0.0393. The van der Waals surface area contributed by atoms with Gasteiger partial charge in [0.25, 0.3) is 0 Å². The first-order chi connectivity index (χ1) is 7.25. The molecular weight excluding hydrogens is 186 g/mol. The molecule has 0 aliphatic carbocycles. The van der Waals surface area contributed by atoms with Gasteiger partial charge in [0, 0.05) is 18.6 Å². The Labute approximate surface area is 94.8 Å². The molecule has 1 rings (SSSR count). The second-order valence-corrected chi connectivity index (χ2v) is 4.99. The topological polar surface area (TPSA) is 21.3 Å². The van der Waals surface area contributed by atoms with Crippen LogP contribution >= 0.6 is 0 Å². The van der Waals surface area contributed by atoms with Gasteiger partial charge in [-0.05, 0) is 25.3 Å². The van der Waals surface area contributed by atoms with Crippen LogP contribution < -0.4 is 5.32 Å². The molecule has 0 aromatic rings. The first kappa shape index (κ1) is 13.0. The van der Waals surface area contributed by atoms with Crippen molar-refractivity contribution in [2.45, 2.75) is 46.5 Å². The molecule has 90 valence electrons. The molecule has 2 nitrogen and oxygen atoms in total. The van der Waals surface area contributed by atoms with Crippen molar-refractivity contribution in [3.8, 4) is 0 Å². The first-order valence-electron chi connectivity index (χ1n) is 6.53. The van der Waals surface area contributed by atoms with E-state index in [0.717, 1.165) is 32.2 Å². The SMILES string of the molecule is CCCC(C)C1(CNCC)CCCOC1. The number of hydrogen-bond acceptors (Lipinski definition) is 2. The van der Waals surface area contributed by atoms with Crippen LogP contribution in [0.15, 0.2) is 0 Å². The predicted octanol–water partition coefficient (Wildman–Crippen LogP) is 2.83. The molecule has 1 saturated heterocycles. The fraction of sp³-hybridized carbons (Fsp3) is 1.00. The second kappa shape index (κ2) is 6.49. The lowest BCUT2D eigenvalue weighted by Gasteiger charge is -2.42. The summed E-state index contributed by atoms with van der Waals surface area (Å²) < 4.78 is 5.71. The minimum Gasteiger partial charge on any atom is -0.381 e. The molecule has 15 heavy (non-hydrogen) atoms. The fourth-order valence-corrected chi connectivity index (χ4v) is 2.69. The zero-order chi connectivity index (χ0) is 11.1. The molecule has 0 bridgehead atoms. The Kier molecular flexibility index (Phi) is 5.62. The molecule has 0 aromatic carbocycles. The number of ether oxygens (including phenoxy) is 1. The third-order valence-electron chi connectivity index (χ3n) is 3.85. The van der Waals surface area contributed by atoms with Gasteiger partial charge in [-0.15, -0.1) is 0 Å². The molecule has 2 heteroatoms. The summed E-state index contributed by atoms with van der Waals surface area (Å²) in [4.78, 5) is 0. The van der Waals surface area contributed by atoms with Crippen molar-refractivity contribution >= 4 is 0 Å². The zero-order valence-electron chi connectivity index (χ0n) is 10.6. The van der Waals surface area contributed by atoms with E-state index in [-0.39, 0.29) is 0 Å². The van der Waals surface area contributed by atoms with E-state index in [2.05, 4.69) is 26.1 Å². The third-order valence-corrected chi connectivity index (χ3v) is 3.85. The highest BCUT2D eigenvalue weighted by Gasteiger charge is 2.37. The van der Waals surface area contributed by atoms with Gasteiger partial charge >= 0.3 is 0 Å². The van der Waals surface area contributed by atoms with Crippen LogP contribution in [-0.4, -0.2) is 26.3 Å². The maximum Gasteiger partial charge on any atom is 0.0537 e. The third kappa shape index (κ3) is 3.46. The van der Waals surface area contributed by atoms with Gasteiger partial charge in [0.2, 0.25) is 0 Å². The van der Waals surface area contributed by atoms with Crippen molar-refractivity contribution in [2.75, 3.05) is 26.3 Å². The van der Waals surface area contributed by atoms with E-state index in [1.807, 2.05) is 0 Å². The number of hydrogen-bond donors (Lipinski definition) is 1. The summed E-state index contributed by atoms with van der Waals surface area (Å²) in [5.41, 5.74) is 0.407. The molecule has 2 atom stereocenters. The second-order valence-electron chi connectivity index (χ2n) is 4.99. The van der Waals surface area contributed by atoms with E-state index in [4.69, 9.17) is 4.74 Å². The van der Waals surface area contributed by atoms with Gasteiger partial charge in [-0.2, -0.15) is 0 Å². The standard InChI is InChI=1S/C13H27NO/c1-4-7-12(3)13(10-14-5-2)8-6-9-15-11-13/h12,14H,4-11H2,1-3H3. The normalized spacial score (nSPS) is 29.0. The van der Waals surface area contributed by atoms with Crippen molar-refractivity contribution in [3.05, 3.63) is 0 Å². The minimum absolute atomic E-state index is 0.407. The Bertz CT molecular complexity index is 164. The monoisotopic (exact) mass is 213 g/mol. The van der Waals surface area contributed by atoms with Gasteiger partial charge in [0.05, 0.1) is 6.61 Å². The van der Waals surface area contributed by atoms with Crippen molar-refractivity contribution in [2.24, 2.45) is 11.3 Å². The smallest absolute Gasteiger partial charge is 0.0537 e. The number of nitrogens with one attached hydrogen (secondary N) is 1. The average molecular weight is 213 g/mol. The molecule has 0 aromatic heterocycles. The van der Waals surface area contributed by atoms with E-state index < -0.39 is 0 Å². The van der Waals surface area contributed by atoms with Crippen LogP contribution in [0.25, 0.3) is 0 Å². The lowest BCUT2D eigenvalue weighted by Crippen LogP contribution is -2.45. The summed E-state index contributed by atoms with van der Waals surface area (Å²) in [6.45, 7) is 11.0. The van der Waals surface area contributed by atoms with E-state index >= 15 is 0 Å². The summed E-state index contributed by atoms with van der Waals surface area (Å²) in [5, 5.41) is 3.52. The summed E-state index contributed by atoms with van der Waals surface area (Å²) in [6, 6.07) is 0. The van der Waals surface area contributed by atoms with Gasteiger partial charge in [-0.25, -0.2) is 0 Å². The lowest BCUT2D eigenvalue weighted by atomic mass is 9.70. The van der Waals surface area contributed by atoms with Gasteiger partial charge in [-0.1, -0.05) is 33.6 Å². The van der Waals surface area contributed by atoms with Crippen molar-refractivity contribution in [1.29, 1.82) is 0 Å². The van der Waals surface area contributed by atoms with E-state index in [1.165, 1.54) is 25.7 Å². The summed E-state index contributed by atoms with van der Waals surface area (Å²) in [7, 11) is 0. The molecular formula is C13H27NO. The Morgan fingerprint density at radius 1 is 1.40 bits per heavy atom. The molecule has 1 N–H and O–H groups in total. The maximum atomic E-state index is 5.71. The fourth-order valence-electron chi connectivity index (χ4n) is 2.69. The maximum absolute atomic E-state index is 5.71. The van der Waals surface area contributed by atoms with Gasteiger partial charge in [0.1, 0.15) is 0 Å². The van der Waals surface area contributed by atoms with E-state index in [0.29, 0.717) is 5.41 Å². The van der Waals surface area contributed by atoms with Crippen LogP contribution in [0.5, 0.6) is 0 Å². The summed E-state index contributed by atoms with van der Waals surface area (Å²) in [6.07, 6.45) is 5.18. The van der Waals surface area contributed by atoms with Crippen LogP contribution in [-0.2, 0) is 4.74 Å². The molecule has 0 amide bonds. The Morgan fingerprint density at radius 3 is 2.73 bits per heavy atom. The van der Waals surface area contributed by atoms with Crippen molar-refractivity contribution in [3.63, 3.8) is 0 Å². The molecule has 2 unspecified atom stereocenters. The van der Waals surface area contributed by atoms with Crippen LogP contribution in [0.4, 0.5) is 0 Å². The summed E-state index contributed by atoms with van der Waals surface area (Å²) >= 11 is 0. The molecule has 1 heterocycles. The van der Waals surface area contributed by atoms with Gasteiger partial charge in [0.15, 0.2) is 0 Å². The van der Waals surface area contributed by atoms with Crippen LogP contribution in [0.3, 0.4) is 0 Å². The number of rotatable bonds is 6. The highest BCUT2D eigenvalue weighted by Crippen LogP contribution is 2.38. The predicted molar refractivity (Wildman–Crippen MR) is 65.1 cm³/mol. The Balaban J connectivity index is 2.56. The largest absolute Gasteiger partial charge is 0.381 e. The van der Waals surface area contributed by atoms with Crippen LogP contribution in [0.1, 0.15) is 46.5 Å². The van der Waals surface area contributed by atoms with Gasteiger partial charge < -0.3 is 10.1 Å². The molecule has 1 aliphatic heterocycles. The van der Waals surface area contributed by atoms with Crippen molar-refractivity contribution < 1.29 is 4.74 Å². The van der Waals surface area contributed by atoms with Gasteiger partial charge in [-0.3, -0.25) is 0 Å². The average Bonchev–Trinajstić information content (AvgIpc) is 2.28. The van der Waals surface area contributed by atoms with Crippen LogP contribution in [0.2, 0.25) is 0 Å². The first-order valence-corrected chi connectivity index (χ1v) is 6.53. The molecule has 0 spiro atoms. The van der Waals surface area contributed by atoms with E-state index in [1.54, 1.807) is 0 Å². The van der Waals surface area contributed by atoms with Crippen LogP contribution in [0, 0.1) is 11.3 Å². The molecule has 0 saturated carbocycles. The van der Waals surface area contributed by atoms with E-state index in [9.17, 15) is 0 Å². The highest BCUT2D eigenvalue weighted by molar-refractivity contribution is 4.88. The quantitative estimate of drug-likeness (QED) is 0.732. The molecule has 0 radical (unpaired) electrons. The molecule has 1 aliphatic rings. The zero-order valence-corrected chi connectivity index (χ0v) is 10.6. The molecule has 1 fully saturated rings. The van der Waals surface area contributed by atoms with Crippen molar-refractivity contribution in [1.82, 2.24) is 5.32 Å². The highest BCUT2D eigenvalue weighted by atomic mass is 16.5. The Hall–Kier alpha value is -0.0800.